The Hall–Kier alpha value is -2.41. The molecule has 0 saturated carbocycles. The third-order valence-electron chi connectivity index (χ3n) is 5.39. The maximum Gasteiger partial charge on any atom is 0.416 e. The van der Waals surface area contributed by atoms with Crippen molar-refractivity contribution in [1.82, 2.24) is 9.88 Å². The quantitative estimate of drug-likeness (QED) is 0.718. The van der Waals surface area contributed by atoms with Crippen molar-refractivity contribution in [2.75, 3.05) is 13.7 Å². The lowest BCUT2D eigenvalue weighted by atomic mass is 10.0. The van der Waals surface area contributed by atoms with E-state index >= 15 is 0 Å². The number of rotatable bonds is 5. The molecule has 2 aromatic rings. The number of halogens is 3. The van der Waals surface area contributed by atoms with Crippen molar-refractivity contribution >= 4 is 5.91 Å². The largest absolute Gasteiger partial charge is 0.416 e. The van der Waals surface area contributed by atoms with Gasteiger partial charge >= 0.3 is 6.18 Å². The molecule has 1 aromatic carbocycles. The van der Waals surface area contributed by atoms with Gasteiger partial charge in [0.25, 0.3) is 5.91 Å². The molecule has 4 nitrogen and oxygen atoms in total. The van der Waals surface area contributed by atoms with Gasteiger partial charge in [0.2, 0.25) is 0 Å². The molecule has 29 heavy (non-hydrogen) atoms. The Bertz CT molecular complexity index is 863. The van der Waals surface area contributed by atoms with Gasteiger partial charge in [0.05, 0.1) is 17.3 Å². The number of benzene rings is 1. The first-order chi connectivity index (χ1) is 13.6. The molecule has 1 aliphatic heterocycles. The van der Waals surface area contributed by atoms with E-state index in [2.05, 4.69) is 4.98 Å². The van der Waals surface area contributed by atoms with Gasteiger partial charge in [-0.2, -0.15) is 13.2 Å². The molecular formula is C22H25F3N2O2. The summed E-state index contributed by atoms with van der Waals surface area (Å²) in [4.78, 5) is 19.1. The first-order valence-corrected chi connectivity index (χ1v) is 9.59. The monoisotopic (exact) mass is 406 g/mol. The van der Waals surface area contributed by atoms with Gasteiger partial charge in [0, 0.05) is 19.9 Å². The van der Waals surface area contributed by atoms with Crippen molar-refractivity contribution in [3.63, 3.8) is 0 Å². The van der Waals surface area contributed by atoms with Crippen LogP contribution >= 0.6 is 0 Å². The van der Waals surface area contributed by atoms with Crippen LogP contribution in [0.1, 0.15) is 55.1 Å². The van der Waals surface area contributed by atoms with Gasteiger partial charge in [-0.25, -0.2) is 0 Å². The van der Waals surface area contributed by atoms with Crippen molar-refractivity contribution in [3.05, 3.63) is 65.0 Å². The summed E-state index contributed by atoms with van der Waals surface area (Å²) in [5.41, 5.74) is 0.637. The van der Waals surface area contributed by atoms with Crippen LogP contribution in [0.2, 0.25) is 0 Å². The summed E-state index contributed by atoms with van der Waals surface area (Å²) in [5, 5.41) is 0. The van der Waals surface area contributed by atoms with Crippen molar-refractivity contribution in [1.29, 1.82) is 0 Å². The molecule has 156 valence electrons. The Labute approximate surface area is 168 Å². The number of hydrogen-bond donors (Lipinski definition) is 0. The second kappa shape index (κ2) is 8.14. The van der Waals surface area contributed by atoms with Crippen LogP contribution in [0.15, 0.2) is 42.6 Å². The van der Waals surface area contributed by atoms with Gasteiger partial charge in [-0.1, -0.05) is 24.3 Å². The van der Waals surface area contributed by atoms with Gasteiger partial charge in [0.15, 0.2) is 0 Å². The topological polar surface area (TPSA) is 42.4 Å². The highest BCUT2D eigenvalue weighted by atomic mass is 19.4. The van der Waals surface area contributed by atoms with Crippen LogP contribution in [-0.2, 0) is 22.1 Å². The number of carbonyl (C=O) groups excluding carboxylic acids is 1. The summed E-state index contributed by atoms with van der Waals surface area (Å²) >= 11 is 0. The molecular weight excluding hydrogens is 381 g/mol. The van der Waals surface area contributed by atoms with Crippen LogP contribution in [0.25, 0.3) is 0 Å². The minimum Gasteiger partial charge on any atom is -0.369 e. The number of hydrogen-bond acceptors (Lipinski definition) is 3. The molecule has 0 radical (unpaired) electrons. The van der Waals surface area contributed by atoms with Gasteiger partial charge in [-0.15, -0.1) is 0 Å². The summed E-state index contributed by atoms with van der Waals surface area (Å²) in [7, 11) is 1.52. The highest BCUT2D eigenvalue weighted by molar-refractivity contribution is 5.85. The van der Waals surface area contributed by atoms with E-state index in [9.17, 15) is 18.0 Å². The molecule has 2 heterocycles. The van der Waals surface area contributed by atoms with Crippen LogP contribution in [0.4, 0.5) is 13.2 Å². The number of nitrogens with zero attached hydrogens (tertiary/aromatic N) is 2. The minimum atomic E-state index is -4.35. The maximum atomic E-state index is 12.9. The molecule has 1 unspecified atom stereocenters. The van der Waals surface area contributed by atoms with E-state index in [0.717, 1.165) is 36.2 Å². The molecule has 1 fully saturated rings. The zero-order chi connectivity index (χ0) is 21.2. The average Bonchev–Trinajstić information content (AvgIpc) is 3.17. The number of ether oxygens (including phenoxy) is 1. The Balaban J connectivity index is 1.74. The third kappa shape index (κ3) is 4.78. The molecule has 1 aromatic heterocycles. The standard InChI is InChI=1S/C22H25F3N2O2/c1-21(2,29-3)20(28)27-11-5-8-19(27)18-10-9-16(14-26-18)12-15-6-4-7-17(13-15)22(23,24)25/h4,6-7,9-10,13-14,19H,5,8,11-12H2,1-3H3. The molecule has 7 heteroatoms. The summed E-state index contributed by atoms with van der Waals surface area (Å²) in [6.07, 6.45) is -0.596. The van der Waals surface area contributed by atoms with Gasteiger partial charge < -0.3 is 9.64 Å². The van der Waals surface area contributed by atoms with Gasteiger partial charge in [-0.05, 0) is 56.4 Å². The van der Waals surface area contributed by atoms with Crippen LogP contribution in [0.5, 0.6) is 0 Å². The number of alkyl halides is 3. The predicted molar refractivity (Wildman–Crippen MR) is 103 cm³/mol. The molecule has 1 amide bonds. The summed E-state index contributed by atoms with van der Waals surface area (Å²) in [5.74, 6) is -0.0719. The lowest BCUT2D eigenvalue weighted by Gasteiger charge is -2.32. The Morgan fingerprint density at radius 1 is 1.21 bits per heavy atom. The molecule has 1 aliphatic rings. The van der Waals surface area contributed by atoms with E-state index < -0.39 is 17.3 Å². The lowest BCUT2D eigenvalue weighted by Crippen LogP contribution is -2.46. The number of pyridine rings is 1. The summed E-state index contributed by atoms with van der Waals surface area (Å²) in [6.45, 7) is 4.15. The highest BCUT2D eigenvalue weighted by Gasteiger charge is 2.39. The molecule has 0 spiro atoms. The van der Waals surface area contributed by atoms with Crippen LogP contribution in [0, 0.1) is 0 Å². The molecule has 3 rings (SSSR count). The van der Waals surface area contributed by atoms with Crippen LogP contribution in [0.3, 0.4) is 0 Å². The van der Waals surface area contributed by atoms with Crippen molar-refractivity contribution < 1.29 is 22.7 Å². The molecule has 1 atom stereocenters. The van der Waals surface area contributed by atoms with E-state index in [1.54, 1.807) is 31.0 Å². The van der Waals surface area contributed by atoms with E-state index in [0.29, 0.717) is 18.5 Å². The van der Waals surface area contributed by atoms with Crippen LogP contribution < -0.4 is 0 Å². The fourth-order valence-corrected chi connectivity index (χ4v) is 3.58. The molecule has 0 N–H and O–H groups in total. The number of aromatic nitrogens is 1. The summed E-state index contributed by atoms with van der Waals surface area (Å²) < 4.78 is 44.0. The van der Waals surface area contributed by atoms with Crippen molar-refractivity contribution in [2.24, 2.45) is 0 Å². The Morgan fingerprint density at radius 3 is 2.59 bits per heavy atom. The predicted octanol–water partition coefficient (Wildman–Crippen LogP) is 4.78. The number of likely N-dealkylation sites (tertiary alicyclic amines) is 1. The fraction of sp³-hybridized carbons (Fsp3) is 0.455. The van der Waals surface area contributed by atoms with Crippen molar-refractivity contribution in [2.45, 2.75) is 50.9 Å². The maximum absolute atomic E-state index is 12.9. The van der Waals surface area contributed by atoms with E-state index in [4.69, 9.17) is 4.74 Å². The number of carbonyl (C=O) groups is 1. The Morgan fingerprint density at radius 2 is 1.97 bits per heavy atom. The minimum absolute atomic E-state index is 0.0719. The Kier molecular flexibility index (Phi) is 5.98. The first-order valence-electron chi connectivity index (χ1n) is 9.59. The molecule has 1 saturated heterocycles. The SMILES string of the molecule is COC(C)(C)C(=O)N1CCCC1c1ccc(Cc2cccc(C(F)(F)F)c2)cn1. The van der Waals surface area contributed by atoms with Gasteiger partial charge in [-0.3, -0.25) is 9.78 Å². The highest BCUT2D eigenvalue weighted by Crippen LogP contribution is 2.34. The molecule has 0 bridgehead atoms. The van der Waals surface area contributed by atoms with Crippen LogP contribution in [-0.4, -0.2) is 35.0 Å². The third-order valence-corrected chi connectivity index (χ3v) is 5.39. The zero-order valence-corrected chi connectivity index (χ0v) is 16.8. The normalized spacial score (nSPS) is 17.6. The average molecular weight is 406 g/mol. The van der Waals surface area contributed by atoms with E-state index in [-0.39, 0.29) is 11.9 Å². The fourth-order valence-electron chi connectivity index (χ4n) is 3.58. The number of amides is 1. The molecule has 0 aliphatic carbocycles. The second-order valence-electron chi connectivity index (χ2n) is 7.84. The number of methoxy groups -OCH3 is 1. The van der Waals surface area contributed by atoms with Crippen molar-refractivity contribution in [3.8, 4) is 0 Å². The first kappa shape index (κ1) is 21.3. The second-order valence-corrected chi connectivity index (χ2v) is 7.84. The smallest absolute Gasteiger partial charge is 0.369 e. The summed E-state index contributed by atoms with van der Waals surface area (Å²) in [6, 6.07) is 8.94. The lowest BCUT2D eigenvalue weighted by molar-refractivity contribution is -0.152. The zero-order valence-electron chi connectivity index (χ0n) is 16.8. The van der Waals surface area contributed by atoms with E-state index in [1.807, 2.05) is 12.1 Å². The van der Waals surface area contributed by atoms with Gasteiger partial charge in [0.1, 0.15) is 5.60 Å². The van der Waals surface area contributed by atoms with E-state index in [1.165, 1.54) is 13.2 Å².